The number of benzene rings is 2. The zero-order chi connectivity index (χ0) is 21.2. The van der Waals surface area contributed by atoms with Crippen LogP contribution in [0.5, 0.6) is 0 Å². The zero-order valence-electron chi connectivity index (χ0n) is 16.4. The molecule has 1 fully saturated rings. The van der Waals surface area contributed by atoms with Crippen LogP contribution in [0.2, 0.25) is 0 Å². The van der Waals surface area contributed by atoms with E-state index in [1.165, 1.54) is 9.21 Å². The lowest BCUT2D eigenvalue weighted by Crippen LogP contribution is -2.50. The smallest absolute Gasteiger partial charge is 0.254 e. The molecule has 5 nitrogen and oxygen atoms in total. The van der Waals surface area contributed by atoms with E-state index < -0.39 is 27.6 Å². The summed E-state index contributed by atoms with van der Waals surface area (Å²) in [6.07, 6.45) is 0.970. The van der Waals surface area contributed by atoms with Crippen LogP contribution in [0.1, 0.15) is 42.1 Å². The summed E-state index contributed by atoms with van der Waals surface area (Å²) in [6, 6.07) is 9.56. The number of piperazine rings is 1. The molecule has 0 saturated carbocycles. The predicted octanol–water partition coefficient (Wildman–Crippen LogP) is 3.63. The third kappa shape index (κ3) is 4.64. The van der Waals surface area contributed by atoms with E-state index in [1.54, 1.807) is 12.1 Å². The minimum absolute atomic E-state index is 0.0839. The highest BCUT2D eigenvalue weighted by molar-refractivity contribution is 7.89. The maximum Gasteiger partial charge on any atom is 0.254 e. The zero-order valence-corrected chi connectivity index (χ0v) is 17.3. The van der Waals surface area contributed by atoms with E-state index in [0.717, 1.165) is 24.1 Å². The number of sulfonamides is 1. The van der Waals surface area contributed by atoms with Gasteiger partial charge in [-0.2, -0.15) is 4.31 Å². The van der Waals surface area contributed by atoms with Crippen LogP contribution >= 0.6 is 0 Å². The van der Waals surface area contributed by atoms with E-state index in [9.17, 15) is 22.0 Å². The highest BCUT2D eigenvalue weighted by Gasteiger charge is 2.30. The van der Waals surface area contributed by atoms with Crippen LogP contribution in [0.15, 0.2) is 47.4 Å². The van der Waals surface area contributed by atoms with Crippen molar-refractivity contribution < 1.29 is 22.0 Å². The number of rotatable bonds is 5. The van der Waals surface area contributed by atoms with Gasteiger partial charge in [-0.15, -0.1) is 0 Å². The van der Waals surface area contributed by atoms with Gasteiger partial charge in [0.1, 0.15) is 11.6 Å². The van der Waals surface area contributed by atoms with Gasteiger partial charge < -0.3 is 4.90 Å². The fourth-order valence-electron chi connectivity index (χ4n) is 3.34. The third-order valence-corrected chi connectivity index (χ3v) is 7.25. The van der Waals surface area contributed by atoms with Gasteiger partial charge >= 0.3 is 0 Å². The molecule has 29 heavy (non-hydrogen) atoms. The van der Waals surface area contributed by atoms with Crippen molar-refractivity contribution >= 4 is 15.9 Å². The van der Waals surface area contributed by atoms with E-state index in [-0.39, 0.29) is 36.6 Å². The average molecular weight is 422 g/mol. The Morgan fingerprint density at radius 2 is 1.55 bits per heavy atom. The Morgan fingerprint density at radius 1 is 1.00 bits per heavy atom. The molecule has 1 heterocycles. The second-order valence-corrected chi connectivity index (χ2v) is 9.17. The summed E-state index contributed by atoms with van der Waals surface area (Å²) < 4.78 is 53.9. The molecule has 0 N–H and O–H groups in total. The fraction of sp³-hybridized carbons (Fsp3) is 0.381. The second kappa shape index (κ2) is 8.59. The molecule has 1 aliphatic rings. The number of hydrogen-bond acceptors (Lipinski definition) is 3. The molecule has 156 valence electrons. The van der Waals surface area contributed by atoms with Crippen molar-refractivity contribution in [3.05, 3.63) is 65.2 Å². The van der Waals surface area contributed by atoms with E-state index in [0.29, 0.717) is 12.0 Å². The van der Waals surface area contributed by atoms with Gasteiger partial charge in [-0.25, -0.2) is 17.2 Å². The molecule has 1 saturated heterocycles. The molecule has 0 spiro atoms. The van der Waals surface area contributed by atoms with Gasteiger partial charge in [-0.3, -0.25) is 4.79 Å². The molecule has 0 radical (unpaired) electrons. The summed E-state index contributed by atoms with van der Waals surface area (Å²) in [5, 5.41) is 0. The predicted molar refractivity (Wildman–Crippen MR) is 106 cm³/mol. The van der Waals surface area contributed by atoms with Crippen LogP contribution < -0.4 is 0 Å². The first-order chi connectivity index (χ1) is 13.7. The Kier molecular flexibility index (Phi) is 6.33. The van der Waals surface area contributed by atoms with Gasteiger partial charge in [0, 0.05) is 37.8 Å². The van der Waals surface area contributed by atoms with Gasteiger partial charge in [0.25, 0.3) is 5.91 Å². The number of halogens is 2. The Bertz CT molecular complexity index is 965. The molecule has 0 unspecified atom stereocenters. The second-order valence-electron chi connectivity index (χ2n) is 7.23. The van der Waals surface area contributed by atoms with E-state index in [4.69, 9.17) is 0 Å². The minimum atomic E-state index is -3.66. The Labute approximate surface area is 170 Å². The largest absolute Gasteiger partial charge is 0.336 e. The number of nitrogens with zero attached hydrogens (tertiary/aromatic N) is 2. The molecule has 1 atom stereocenters. The summed E-state index contributed by atoms with van der Waals surface area (Å²) >= 11 is 0. The van der Waals surface area contributed by atoms with Gasteiger partial charge in [-0.05, 0) is 42.2 Å². The normalized spacial score (nSPS) is 16.6. The summed E-state index contributed by atoms with van der Waals surface area (Å²) in [5.74, 6) is -1.81. The number of amides is 1. The van der Waals surface area contributed by atoms with Crippen molar-refractivity contribution in [1.29, 1.82) is 0 Å². The Morgan fingerprint density at radius 3 is 2.07 bits per heavy atom. The highest BCUT2D eigenvalue weighted by atomic mass is 32.2. The van der Waals surface area contributed by atoms with Crippen LogP contribution in [0.25, 0.3) is 0 Å². The number of carbonyl (C=O) groups excluding carboxylic acids is 1. The molecule has 3 rings (SSSR count). The monoisotopic (exact) mass is 422 g/mol. The summed E-state index contributed by atoms with van der Waals surface area (Å²) in [4.78, 5) is 14.1. The lowest BCUT2D eigenvalue weighted by Gasteiger charge is -2.34. The molecule has 1 aliphatic heterocycles. The van der Waals surface area contributed by atoms with Crippen molar-refractivity contribution in [3.63, 3.8) is 0 Å². The van der Waals surface area contributed by atoms with Gasteiger partial charge in [0.15, 0.2) is 0 Å². The van der Waals surface area contributed by atoms with E-state index in [1.807, 2.05) is 12.1 Å². The standard InChI is InChI=1S/C21H24F2N2O3S/c1-3-15(2)16-4-6-20(7-5-16)29(27,28)25-10-8-24(9-11-25)21(26)17-12-18(22)14-19(23)13-17/h4-7,12-15H,3,8-11H2,1-2H3/t15-/m1/s1. The fourth-order valence-corrected chi connectivity index (χ4v) is 4.77. The molecule has 0 aliphatic carbocycles. The maximum atomic E-state index is 13.4. The molecule has 0 bridgehead atoms. The first kappa shape index (κ1) is 21.4. The van der Waals surface area contributed by atoms with Crippen molar-refractivity contribution in [2.75, 3.05) is 26.2 Å². The molecule has 1 amide bonds. The third-order valence-electron chi connectivity index (χ3n) is 5.33. The van der Waals surface area contributed by atoms with Crippen LogP contribution in [0.3, 0.4) is 0 Å². The van der Waals surface area contributed by atoms with Gasteiger partial charge in [0.05, 0.1) is 4.90 Å². The molecule has 0 aromatic heterocycles. The van der Waals surface area contributed by atoms with Crippen molar-refractivity contribution in [2.24, 2.45) is 0 Å². The molecular weight excluding hydrogens is 398 g/mol. The first-order valence-electron chi connectivity index (χ1n) is 9.58. The number of hydrogen-bond donors (Lipinski definition) is 0. The molecule has 8 heteroatoms. The number of carbonyl (C=O) groups is 1. The maximum absolute atomic E-state index is 13.4. The minimum Gasteiger partial charge on any atom is -0.336 e. The molecule has 2 aromatic carbocycles. The summed E-state index contributed by atoms with van der Waals surface area (Å²) in [7, 11) is -3.66. The van der Waals surface area contributed by atoms with Crippen molar-refractivity contribution in [2.45, 2.75) is 31.1 Å². The SMILES string of the molecule is CC[C@@H](C)c1ccc(S(=O)(=O)N2CCN(C(=O)c3cc(F)cc(F)c3)CC2)cc1. The van der Waals surface area contributed by atoms with Crippen molar-refractivity contribution in [3.8, 4) is 0 Å². The van der Waals surface area contributed by atoms with Crippen molar-refractivity contribution in [1.82, 2.24) is 9.21 Å². The van der Waals surface area contributed by atoms with Crippen LogP contribution in [0, 0.1) is 11.6 Å². The van der Waals surface area contributed by atoms with E-state index >= 15 is 0 Å². The van der Waals surface area contributed by atoms with Crippen LogP contribution in [-0.2, 0) is 10.0 Å². The quantitative estimate of drug-likeness (QED) is 0.740. The lowest BCUT2D eigenvalue weighted by atomic mass is 9.99. The molecular formula is C21H24F2N2O3S. The lowest BCUT2D eigenvalue weighted by molar-refractivity contribution is 0.0697. The average Bonchev–Trinajstić information content (AvgIpc) is 2.72. The molecule has 2 aromatic rings. The topological polar surface area (TPSA) is 57.7 Å². The van der Waals surface area contributed by atoms with E-state index in [2.05, 4.69) is 13.8 Å². The Hall–Kier alpha value is -2.32. The summed E-state index contributed by atoms with van der Waals surface area (Å²) in [6.45, 7) is 4.72. The van der Waals surface area contributed by atoms with Gasteiger partial charge in [-0.1, -0.05) is 26.0 Å². The Balaban J connectivity index is 1.68. The van der Waals surface area contributed by atoms with Gasteiger partial charge in [0.2, 0.25) is 10.0 Å². The first-order valence-corrected chi connectivity index (χ1v) is 11.0. The van der Waals surface area contributed by atoms with Crippen LogP contribution in [0.4, 0.5) is 8.78 Å². The van der Waals surface area contributed by atoms with Crippen LogP contribution in [-0.4, -0.2) is 49.7 Å². The summed E-state index contributed by atoms with van der Waals surface area (Å²) in [5.41, 5.74) is 1.00. The highest BCUT2D eigenvalue weighted by Crippen LogP contribution is 2.23.